The van der Waals surface area contributed by atoms with Gasteiger partial charge in [-0.1, -0.05) is 25.1 Å². The highest BCUT2D eigenvalue weighted by molar-refractivity contribution is 7.99. The van der Waals surface area contributed by atoms with Crippen LogP contribution in [0.25, 0.3) is 0 Å². The Bertz CT molecular complexity index is 340. The third-order valence-electron chi connectivity index (χ3n) is 2.78. The van der Waals surface area contributed by atoms with Crippen LogP contribution in [-0.2, 0) is 10.5 Å². The standard InChI is InChI=1S/C13H18O2S/c1-10-7-13(15-8-10)16-9-11-5-3-4-6-12(11)14-2/h3-6,10,13H,7-9H2,1-2H3/t10-,13?/m1/s1. The Kier molecular flexibility index (Phi) is 4.13. The van der Waals surface area contributed by atoms with E-state index >= 15 is 0 Å². The Morgan fingerprint density at radius 2 is 2.25 bits per heavy atom. The van der Waals surface area contributed by atoms with Crippen molar-refractivity contribution in [2.24, 2.45) is 5.92 Å². The van der Waals surface area contributed by atoms with Crippen LogP contribution in [0.2, 0.25) is 0 Å². The molecule has 0 aliphatic carbocycles. The number of benzene rings is 1. The molecule has 2 nitrogen and oxygen atoms in total. The SMILES string of the molecule is COc1ccccc1CSC1C[C@@H](C)CO1. The molecule has 1 unspecified atom stereocenters. The second-order valence-corrected chi connectivity index (χ2v) is 5.37. The molecular weight excluding hydrogens is 220 g/mol. The highest BCUT2D eigenvalue weighted by Crippen LogP contribution is 2.32. The highest BCUT2D eigenvalue weighted by atomic mass is 32.2. The van der Waals surface area contributed by atoms with Crippen LogP contribution in [0, 0.1) is 5.92 Å². The largest absolute Gasteiger partial charge is 0.496 e. The van der Waals surface area contributed by atoms with Gasteiger partial charge in [-0.3, -0.25) is 0 Å². The molecule has 1 aromatic rings. The molecule has 1 fully saturated rings. The zero-order valence-corrected chi connectivity index (χ0v) is 10.6. The van der Waals surface area contributed by atoms with Crippen molar-refractivity contribution in [3.63, 3.8) is 0 Å². The van der Waals surface area contributed by atoms with Gasteiger partial charge < -0.3 is 9.47 Å². The van der Waals surface area contributed by atoms with Crippen molar-refractivity contribution in [1.82, 2.24) is 0 Å². The molecule has 1 saturated heterocycles. The molecule has 2 atom stereocenters. The topological polar surface area (TPSA) is 18.5 Å². The van der Waals surface area contributed by atoms with Gasteiger partial charge in [0.15, 0.2) is 0 Å². The van der Waals surface area contributed by atoms with Gasteiger partial charge in [0.25, 0.3) is 0 Å². The maximum absolute atomic E-state index is 5.68. The molecule has 2 rings (SSSR count). The van der Waals surface area contributed by atoms with E-state index in [1.807, 2.05) is 23.9 Å². The van der Waals surface area contributed by atoms with Crippen molar-refractivity contribution in [3.8, 4) is 5.75 Å². The van der Waals surface area contributed by atoms with Gasteiger partial charge in [-0.25, -0.2) is 0 Å². The molecule has 0 radical (unpaired) electrons. The molecule has 88 valence electrons. The maximum atomic E-state index is 5.68. The van der Waals surface area contributed by atoms with Crippen LogP contribution in [0.3, 0.4) is 0 Å². The smallest absolute Gasteiger partial charge is 0.122 e. The minimum Gasteiger partial charge on any atom is -0.496 e. The van der Waals surface area contributed by atoms with Crippen LogP contribution in [0.1, 0.15) is 18.9 Å². The Hall–Kier alpha value is -0.670. The second-order valence-electron chi connectivity index (χ2n) is 4.23. The van der Waals surface area contributed by atoms with Crippen molar-refractivity contribution in [2.75, 3.05) is 13.7 Å². The Morgan fingerprint density at radius 1 is 1.44 bits per heavy atom. The van der Waals surface area contributed by atoms with Gasteiger partial charge in [0, 0.05) is 11.3 Å². The fourth-order valence-corrected chi connectivity index (χ4v) is 3.10. The Morgan fingerprint density at radius 3 is 2.94 bits per heavy atom. The average Bonchev–Trinajstić information content (AvgIpc) is 2.73. The zero-order valence-electron chi connectivity index (χ0n) is 9.81. The quantitative estimate of drug-likeness (QED) is 0.801. The molecule has 0 spiro atoms. The Balaban J connectivity index is 1.89. The second kappa shape index (κ2) is 5.60. The number of para-hydroxylation sites is 1. The van der Waals surface area contributed by atoms with E-state index < -0.39 is 0 Å². The van der Waals surface area contributed by atoms with Crippen LogP contribution in [0.15, 0.2) is 24.3 Å². The summed E-state index contributed by atoms with van der Waals surface area (Å²) < 4.78 is 11.0. The predicted molar refractivity (Wildman–Crippen MR) is 67.8 cm³/mol. The molecule has 0 saturated carbocycles. The summed E-state index contributed by atoms with van der Waals surface area (Å²) in [6.07, 6.45) is 1.17. The van der Waals surface area contributed by atoms with E-state index in [4.69, 9.17) is 9.47 Å². The first-order chi connectivity index (χ1) is 7.79. The number of thioether (sulfide) groups is 1. The lowest BCUT2D eigenvalue weighted by molar-refractivity contribution is 0.166. The first-order valence-corrected chi connectivity index (χ1v) is 6.69. The molecule has 0 bridgehead atoms. The fraction of sp³-hybridized carbons (Fsp3) is 0.538. The van der Waals surface area contributed by atoms with E-state index in [2.05, 4.69) is 19.1 Å². The van der Waals surface area contributed by atoms with Crippen molar-refractivity contribution in [2.45, 2.75) is 24.5 Å². The first-order valence-electron chi connectivity index (χ1n) is 5.64. The van der Waals surface area contributed by atoms with E-state index in [0.29, 0.717) is 11.4 Å². The normalized spacial score (nSPS) is 24.6. The highest BCUT2D eigenvalue weighted by Gasteiger charge is 2.22. The number of hydrogen-bond donors (Lipinski definition) is 0. The molecule has 3 heteroatoms. The van der Waals surface area contributed by atoms with Gasteiger partial charge in [0.05, 0.1) is 13.7 Å². The van der Waals surface area contributed by atoms with Gasteiger partial charge in [-0.2, -0.15) is 0 Å². The summed E-state index contributed by atoms with van der Waals surface area (Å²) in [5.74, 6) is 2.64. The van der Waals surface area contributed by atoms with Gasteiger partial charge in [0.2, 0.25) is 0 Å². The lowest BCUT2D eigenvalue weighted by Crippen LogP contribution is -2.00. The summed E-state index contributed by atoms with van der Waals surface area (Å²) in [5, 5.41) is 0. The summed E-state index contributed by atoms with van der Waals surface area (Å²) in [6.45, 7) is 3.15. The summed E-state index contributed by atoms with van der Waals surface area (Å²) in [4.78, 5) is 0. The molecule has 0 amide bonds. The third-order valence-corrected chi connectivity index (χ3v) is 3.96. The number of hydrogen-bond acceptors (Lipinski definition) is 3. The van der Waals surface area contributed by atoms with Crippen LogP contribution >= 0.6 is 11.8 Å². The third kappa shape index (κ3) is 2.92. The van der Waals surface area contributed by atoms with Gasteiger partial charge >= 0.3 is 0 Å². The van der Waals surface area contributed by atoms with E-state index in [1.54, 1.807) is 7.11 Å². The van der Waals surface area contributed by atoms with Crippen LogP contribution < -0.4 is 4.74 Å². The first kappa shape index (κ1) is 11.8. The minimum atomic E-state index is 0.361. The molecule has 1 aromatic carbocycles. The summed E-state index contributed by atoms with van der Waals surface area (Å²) >= 11 is 1.87. The van der Waals surface area contributed by atoms with E-state index in [1.165, 1.54) is 12.0 Å². The van der Waals surface area contributed by atoms with E-state index in [0.717, 1.165) is 18.1 Å². The molecule has 0 aromatic heterocycles. The number of rotatable bonds is 4. The summed E-state index contributed by atoms with van der Waals surface area (Å²) in [6, 6.07) is 8.18. The molecule has 1 aliphatic rings. The predicted octanol–water partition coefficient (Wildman–Crippen LogP) is 3.31. The van der Waals surface area contributed by atoms with Crippen LogP contribution in [-0.4, -0.2) is 19.2 Å². The number of ether oxygens (including phenoxy) is 2. The average molecular weight is 238 g/mol. The maximum Gasteiger partial charge on any atom is 0.122 e. The van der Waals surface area contributed by atoms with Crippen LogP contribution in [0.5, 0.6) is 5.75 Å². The molecule has 1 aliphatic heterocycles. The van der Waals surface area contributed by atoms with Crippen molar-refractivity contribution < 1.29 is 9.47 Å². The monoisotopic (exact) mass is 238 g/mol. The van der Waals surface area contributed by atoms with Gasteiger partial charge in [-0.05, 0) is 18.4 Å². The molecule has 1 heterocycles. The summed E-state index contributed by atoms with van der Waals surface area (Å²) in [5.41, 5.74) is 1.61. The van der Waals surface area contributed by atoms with Crippen molar-refractivity contribution >= 4 is 11.8 Å². The van der Waals surface area contributed by atoms with E-state index in [-0.39, 0.29) is 0 Å². The minimum absolute atomic E-state index is 0.361. The van der Waals surface area contributed by atoms with Crippen molar-refractivity contribution in [3.05, 3.63) is 29.8 Å². The van der Waals surface area contributed by atoms with Gasteiger partial charge in [-0.15, -0.1) is 11.8 Å². The molecule has 0 N–H and O–H groups in total. The van der Waals surface area contributed by atoms with Crippen molar-refractivity contribution in [1.29, 1.82) is 0 Å². The van der Waals surface area contributed by atoms with Crippen LogP contribution in [0.4, 0.5) is 0 Å². The number of methoxy groups -OCH3 is 1. The lowest BCUT2D eigenvalue weighted by Gasteiger charge is -2.11. The zero-order chi connectivity index (χ0) is 11.4. The molecule has 16 heavy (non-hydrogen) atoms. The van der Waals surface area contributed by atoms with E-state index in [9.17, 15) is 0 Å². The molecular formula is C13H18O2S. The fourth-order valence-electron chi connectivity index (χ4n) is 1.86. The Labute approximate surface area is 101 Å². The van der Waals surface area contributed by atoms with Gasteiger partial charge in [0.1, 0.15) is 11.2 Å². The lowest BCUT2D eigenvalue weighted by atomic mass is 10.2. The summed E-state index contributed by atoms with van der Waals surface area (Å²) in [7, 11) is 1.72.